The number of nitrogens with zero attached hydrogens (tertiary/aromatic N) is 3. The smallest absolute Gasteiger partial charge is 0.275 e. The summed E-state index contributed by atoms with van der Waals surface area (Å²) in [5, 5.41) is 8.72. The van der Waals surface area contributed by atoms with E-state index in [0.717, 1.165) is 30.5 Å². The Morgan fingerprint density at radius 2 is 2.23 bits per heavy atom. The fraction of sp³-hybridized carbons (Fsp3) is 0.500. The molecule has 1 N–H and O–H groups in total. The minimum absolute atomic E-state index is 0.0647. The SMILES string of the molecule is O=C(c1n[nH]c2cc(Cl)ccc12)N1C[C@@H]2CN3CC[C@@H]2[C@@H]1C3. The number of hydrogen-bond donors (Lipinski definition) is 1. The predicted octanol–water partition coefficient (Wildman–Crippen LogP) is 1.99. The van der Waals surface area contributed by atoms with Gasteiger partial charge in [0.05, 0.1) is 5.52 Å². The van der Waals surface area contributed by atoms with Crippen molar-refractivity contribution in [3.63, 3.8) is 0 Å². The van der Waals surface area contributed by atoms with Crippen LogP contribution in [0.2, 0.25) is 5.02 Å². The van der Waals surface area contributed by atoms with Gasteiger partial charge in [-0.25, -0.2) is 0 Å². The Morgan fingerprint density at radius 1 is 1.32 bits per heavy atom. The molecule has 4 saturated heterocycles. The van der Waals surface area contributed by atoms with Gasteiger partial charge in [0.1, 0.15) is 0 Å². The van der Waals surface area contributed by atoms with Crippen LogP contribution in [0.5, 0.6) is 0 Å². The second-order valence-corrected chi connectivity index (χ2v) is 7.20. The van der Waals surface area contributed by atoms with Crippen molar-refractivity contribution in [3.05, 3.63) is 28.9 Å². The lowest BCUT2D eigenvalue weighted by Crippen LogP contribution is -2.54. The van der Waals surface area contributed by atoms with E-state index in [1.54, 1.807) is 0 Å². The highest BCUT2D eigenvalue weighted by Gasteiger charge is 2.51. The first-order chi connectivity index (χ1) is 10.7. The molecule has 0 spiro atoms. The number of hydrogen-bond acceptors (Lipinski definition) is 3. The van der Waals surface area contributed by atoms with Gasteiger partial charge in [-0.15, -0.1) is 0 Å². The average molecular weight is 317 g/mol. The van der Waals surface area contributed by atoms with Crippen molar-refractivity contribution in [1.29, 1.82) is 0 Å². The maximum absolute atomic E-state index is 13.0. The van der Waals surface area contributed by atoms with Crippen LogP contribution in [-0.2, 0) is 0 Å². The van der Waals surface area contributed by atoms with Crippen LogP contribution in [-0.4, -0.2) is 58.1 Å². The first kappa shape index (κ1) is 12.9. The topological polar surface area (TPSA) is 52.2 Å². The molecule has 0 aliphatic carbocycles. The standard InChI is InChI=1S/C16H17ClN4O/c17-10-1-2-12-13(5-10)18-19-15(12)16(22)21-7-9-6-20-4-3-11(9)14(21)8-20/h1-2,5,9,11,14H,3-4,6-8H2,(H,18,19)/t9-,11-,14-/m0/s1. The molecule has 6 heteroatoms. The Balaban J connectivity index is 1.51. The number of rotatable bonds is 1. The zero-order chi connectivity index (χ0) is 14.8. The number of likely N-dealkylation sites (tertiary alicyclic amines) is 1. The molecule has 114 valence electrons. The fourth-order valence-electron chi connectivity index (χ4n) is 4.63. The number of carbonyl (C=O) groups is 1. The highest BCUT2D eigenvalue weighted by atomic mass is 35.5. The molecule has 5 heterocycles. The maximum atomic E-state index is 13.0. The minimum Gasteiger partial charge on any atom is -0.332 e. The van der Waals surface area contributed by atoms with Gasteiger partial charge in [0.25, 0.3) is 5.91 Å². The maximum Gasteiger partial charge on any atom is 0.275 e. The molecule has 4 fully saturated rings. The molecule has 1 aromatic carbocycles. The zero-order valence-corrected chi connectivity index (χ0v) is 12.9. The summed E-state index contributed by atoms with van der Waals surface area (Å²) in [4.78, 5) is 17.6. The van der Waals surface area contributed by atoms with Crippen LogP contribution in [0, 0.1) is 11.8 Å². The van der Waals surface area contributed by atoms with Gasteiger partial charge < -0.3 is 9.80 Å². The Labute approximate surface area is 133 Å². The number of benzene rings is 1. The Hall–Kier alpha value is -1.59. The number of amides is 1. The van der Waals surface area contributed by atoms with Crippen molar-refractivity contribution in [2.75, 3.05) is 26.2 Å². The number of aromatic amines is 1. The molecule has 0 radical (unpaired) electrons. The molecular formula is C16H17ClN4O. The van der Waals surface area contributed by atoms with Crippen LogP contribution in [0.1, 0.15) is 16.9 Å². The third-order valence-corrected chi connectivity index (χ3v) is 5.87. The van der Waals surface area contributed by atoms with E-state index < -0.39 is 0 Å². The normalized spacial score (nSPS) is 32.9. The van der Waals surface area contributed by atoms with Crippen molar-refractivity contribution >= 4 is 28.4 Å². The lowest BCUT2D eigenvalue weighted by molar-refractivity contribution is 0.0420. The number of piperidine rings is 3. The van der Waals surface area contributed by atoms with Crippen LogP contribution < -0.4 is 0 Å². The van der Waals surface area contributed by atoms with Crippen molar-refractivity contribution < 1.29 is 4.79 Å². The van der Waals surface area contributed by atoms with Crippen molar-refractivity contribution in [3.8, 4) is 0 Å². The molecule has 1 amide bonds. The molecule has 4 aliphatic heterocycles. The first-order valence-corrected chi connectivity index (χ1v) is 8.25. The number of H-pyrrole nitrogens is 1. The summed E-state index contributed by atoms with van der Waals surface area (Å²) < 4.78 is 0. The Kier molecular flexibility index (Phi) is 2.62. The highest BCUT2D eigenvalue weighted by Crippen LogP contribution is 2.42. The average Bonchev–Trinajstić information content (AvgIpc) is 3.05. The van der Waals surface area contributed by atoms with E-state index in [4.69, 9.17) is 11.6 Å². The molecule has 4 atom stereocenters. The molecule has 0 saturated carbocycles. The number of nitrogens with one attached hydrogen (secondary N) is 1. The summed E-state index contributed by atoms with van der Waals surface area (Å²) in [5.74, 6) is 1.40. The van der Waals surface area contributed by atoms with Gasteiger partial charge in [0.2, 0.25) is 0 Å². The molecule has 4 aliphatic rings. The third kappa shape index (κ3) is 1.69. The molecule has 6 rings (SSSR count). The molecule has 22 heavy (non-hydrogen) atoms. The zero-order valence-electron chi connectivity index (χ0n) is 12.1. The van der Waals surface area contributed by atoms with Gasteiger partial charge in [-0.1, -0.05) is 11.6 Å². The summed E-state index contributed by atoms with van der Waals surface area (Å²) in [6.07, 6.45) is 1.23. The molecular weight excluding hydrogens is 300 g/mol. The third-order valence-electron chi connectivity index (χ3n) is 5.64. The van der Waals surface area contributed by atoms with E-state index in [2.05, 4.69) is 20.0 Å². The van der Waals surface area contributed by atoms with E-state index in [1.165, 1.54) is 13.0 Å². The second kappa shape index (κ2) is 4.46. The van der Waals surface area contributed by atoms with E-state index >= 15 is 0 Å². The summed E-state index contributed by atoms with van der Waals surface area (Å²) in [5.41, 5.74) is 1.35. The molecule has 5 nitrogen and oxygen atoms in total. The predicted molar refractivity (Wildman–Crippen MR) is 84.0 cm³/mol. The quantitative estimate of drug-likeness (QED) is 0.875. The molecule has 1 aromatic heterocycles. The van der Waals surface area contributed by atoms with E-state index in [9.17, 15) is 4.79 Å². The Morgan fingerprint density at radius 3 is 3.05 bits per heavy atom. The summed E-state index contributed by atoms with van der Waals surface area (Å²) in [6.45, 7) is 4.26. The highest BCUT2D eigenvalue weighted by molar-refractivity contribution is 6.31. The van der Waals surface area contributed by atoms with Crippen LogP contribution in [0.25, 0.3) is 10.9 Å². The van der Waals surface area contributed by atoms with Crippen LogP contribution in [0.15, 0.2) is 18.2 Å². The minimum atomic E-state index is 0.0647. The summed E-state index contributed by atoms with van der Waals surface area (Å²) in [6, 6.07) is 5.88. The monoisotopic (exact) mass is 316 g/mol. The van der Waals surface area contributed by atoms with Crippen molar-refractivity contribution in [1.82, 2.24) is 20.0 Å². The van der Waals surface area contributed by atoms with Gasteiger partial charge >= 0.3 is 0 Å². The van der Waals surface area contributed by atoms with Gasteiger partial charge in [-0.05, 0) is 43.0 Å². The van der Waals surface area contributed by atoms with E-state index in [0.29, 0.717) is 28.6 Å². The largest absolute Gasteiger partial charge is 0.332 e. The molecule has 4 bridgehead atoms. The molecule has 1 unspecified atom stereocenters. The van der Waals surface area contributed by atoms with Crippen LogP contribution in [0.3, 0.4) is 0 Å². The number of carbonyl (C=O) groups excluding carboxylic acids is 1. The van der Waals surface area contributed by atoms with Gasteiger partial charge in [-0.3, -0.25) is 9.89 Å². The number of aromatic nitrogens is 2. The summed E-state index contributed by atoms with van der Waals surface area (Å²) in [7, 11) is 0. The van der Waals surface area contributed by atoms with Crippen LogP contribution >= 0.6 is 11.6 Å². The lowest BCUT2D eigenvalue weighted by Gasteiger charge is -2.44. The van der Waals surface area contributed by atoms with Gasteiger partial charge in [0, 0.05) is 36.1 Å². The van der Waals surface area contributed by atoms with E-state index in [1.807, 2.05) is 18.2 Å². The van der Waals surface area contributed by atoms with Gasteiger partial charge in [-0.2, -0.15) is 5.10 Å². The van der Waals surface area contributed by atoms with E-state index in [-0.39, 0.29) is 5.91 Å². The summed E-state index contributed by atoms with van der Waals surface area (Å²) >= 11 is 6.00. The van der Waals surface area contributed by atoms with Crippen LogP contribution in [0.4, 0.5) is 0 Å². The lowest BCUT2D eigenvalue weighted by atomic mass is 9.80. The first-order valence-electron chi connectivity index (χ1n) is 7.87. The second-order valence-electron chi connectivity index (χ2n) is 6.76. The van der Waals surface area contributed by atoms with Crippen molar-refractivity contribution in [2.24, 2.45) is 11.8 Å². The number of halogens is 1. The van der Waals surface area contributed by atoms with Gasteiger partial charge in [0.15, 0.2) is 5.69 Å². The fourth-order valence-corrected chi connectivity index (χ4v) is 4.81. The number of fused-ring (bicyclic) bond motifs is 2. The van der Waals surface area contributed by atoms with Crippen molar-refractivity contribution in [2.45, 2.75) is 12.5 Å². The Bertz CT molecular complexity index is 773. The molecule has 2 aromatic rings.